The number of carbonyl (C=O) groups is 1. The van der Waals surface area contributed by atoms with Gasteiger partial charge in [0.15, 0.2) is 0 Å². The van der Waals surface area contributed by atoms with Gasteiger partial charge >= 0.3 is 0 Å². The quantitative estimate of drug-likeness (QED) is 0.796. The van der Waals surface area contributed by atoms with Gasteiger partial charge in [-0.15, -0.1) is 0 Å². The summed E-state index contributed by atoms with van der Waals surface area (Å²) >= 11 is 0. The van der Waals surface area contributed by atoms with E-state index in [2.05, 4.69) is 10.4 Å². The molecule has 0 aliphatic rings. The Morgan fingerprint density at radius 2 is 1.72 bits per heavy atom. The highest BCUT2D eigenvalue weighted by Crippen LogP contribution is 2.10. The number of rotatable bonds is 4. The first kappa shape index (κ1) is 16.6. The molecule has 0 atom stereocenters. The molecule has 1 amide bonds. The molecule has 1 N–H and O–H groups in total. The molecule has 6 heteroatoms. The van der Waals surface area contributed by atoms with E-state index in [-0.39, 0.29) is 23.6 Å². The first-order valence-electron chi connectivity index (χ1n) is 7.72. The number of benzene rings is 2. The number of nitrogens with one attached hydrogen (secondary N) is 1. The van der Waals surface area contributed by atoms with E-state index in [9.17, 15) is 14.0 Å². The van der Waals surface area contributed by atoms with Crippen LogP contribution in [0.3, 0.4) is 0 Å². The van der Waals surface area contributed by atoms with Crippen LogP contribution >= 0.6 is 0 Å². The summed E-state index contributed by atoms with van der Waals surface area (Å²) in [5.74, 6) is -0.855. The van der Waals surface area contributed by atoms with E-state index in [1.54, 1.807) is 0 Å². The average molecular weight is 337 g/mol. The fraction of sp³-hybridized carbons (Fsp3) is 0.105. The van der Waals surface area contributed by atoms with Crippen LogP contribution in [-0.4, -0.2) is 15.7 Å². The Morgan fingerprint density at radius 3 is 2.40 bits per heavy atom. The highest BCUT2D eigenvalue weighted by Gasteiger charge is 2.10. The number of halogens is 1. The molecule has 1 heterocycles. The lowest BCUT2D eigenvalue weighted by Crippen LogP contribution is -2.26. The molecule has 0 aliphatic heterocycles. The number of amides is 1. The average Bonchev–Trinajstić information content (AvgIpc) is 2.60. The smallest absolute Gasteiger partial charge is 0.276 e. The monoisotopic (exact) mass is 337 g/mol. The van der Waals surface area contributed by atoms with Crippen LogP contribution in [0.5, 0.6) is 0 Å². The van der Waals surface area contributed by atoms with Crippen LogP contribution in [0.1, 0.15) is 21.6 Å². The standard InChI is InChI=1S/C19H16FN3O2/c1-13-2-4-14(5-3-13)12-23-18(24)11-10-17(22-23)19(25)21-16-8-6-15(20)7-9-16/h2-11H,12H2,1H3,(H,21,25). The Morgan fingerprint density at radius 1 is 1.04 bits per heavy atom. The highest BCUT2D eigenvalue weighted by molar-refractivity contribution is 6.02. The summed E-state index contributed by atoms with van der Waals surface area (Å²) < 4.78 is 14.2. The summed E-state index contributed by atoms with van der Waals surface area (Å²) in [6.45, 7) is 2.26. The number of hydrogen-bond donors (Lipinski definition) is 1. The Kier molecular flexibility index (Phi) is 4.70. The topological polar surface area (TPSA) is 64.0 Å². The Bertz CT molecular complexity index is 948. The van der Waals surface area contributed by atoms with E-state index in [0.717, 1.165) is 11.1 Å². The Balaban J connectivity index is 1.80. The first-order valence-corrected chi connectivity index (χ1v) is 7.72. The number of hydrogen-bond acceptors (Lipinski definition) is 3. The fourth-order valence-corrected chi connectivity index (χ4v) is 2.28. The van der Waals surface area contributed by atoms with Crippen LogP contribution in [0, 0.1) is 12.7 Å². The summed E-state index contributed by atoms with van der Waals surface area (Å²) in [5, 5.41) is 6.74. The molecule has 5 nitrogen and oxygen atoms in total. The molecular weight excluding hydrogens is 321 g/mol. The number of aromatic nitrogens is 2. The van der Waals surface area contributed by atoms with Crippen LogP contribution in [0.25, 0.3) is 0 Å². The molecule has 126 valence electrons. The van der Waals surface area contributed by atoms with E-state index >= 15 is 0 Å². The van der Waals surface area contributed by atoms with Gasteiger partial charge in [0.1, 0.15) is 11.5 Å². The van der Waals surface area contributed by atoms with Crippen molar-refractivity contribution >= 4 is 11.6 Å². The van der Waals surface area contributed by atoms with Crippen molar-refractivity contribution in [3.05, 3.63) is 93.7 Å². The van der Waals surface area contributed by atoms with Crippen LogP contribution in [0.2, 0.25) is 0 Å². The molecular formula is C19H16FN3O2. The van der Waals surface area contributed by atoms with Crippen molar-refractivity contribution in [2.75, 3.05) is 5.32 Å². The first-order chi connectivity index (χ1) is 12.0. The van der Waals surface area contributed by atoms with Gasteiger partial charge in [-0.05, 0) is 42.8 Å². The maximum Gasteiger partial charge on any atom is 0.276 e. The summed E-state index contributed by atoms with van der Waals surface area (Å²) in [6, 6.07) is 15.8. The molecule has 0 radical (unpaired) electrons. The molecule has 0 aliphatic carbocycles. The second-order valence-corrected chi connectivity index (χ2v) is 5.66. The van der Waals surface area contributed by atoms with Crippen molar-refractivity contribution in [3.63, 3.8) is 0 Å². The molecule has 0 fully saturated rings. The van der Waals surface area contributed by atoms with Gasteiger partial charge in [-0.3, -0.25) is 9.59 Å². The minimum absolute atomic E-state index is 0.107. The number of carbonyl (C=O) groups excluding carboxylic acids is 1. The van der Waals surface area contributed by atoms with Crippen molar-refractivity contribution in [1.29, 1.82) is 0 Å². The molecule has 0 saturated heterocycles. The highest BCUT2D eigenvalue weighted by atomic mass is 19.1. The van der Waals surface area contributed by atoms with Gasteiger partial charge in [0.05, 0.1) is 6.54 Å². The lowest BCUT2D eigenvalue weighted by molar-refractivity contribution is 0.102. The van der Waals surface area contributed by atoms with Crippen LogP contribution < -0.4 is 10.9 Å². The van der Waals surface area contributed by atoms with Gasteiger partial charge in [-0.1, -0.05) is 29.8 Å². The van der Waals surface area contributed by atoms with Gasteiger partial charge < -0.3 is 5.32 Å². The lowest BCUT2D eigenvalue weighted by Gasteiger charge is -2.08. The summed E-state index contributed by atoms with van der Waals surface area (Å²) in [6.07, 6.45) is 0. The molecule has 25 heavy (non-hydrogen) atoms. The molecule has 0 bridgehead atoms. The Labute approximate surface area is 143 Å². The third-order valence-electron chi connectivity index (χ3n) is 3.65. The zero-order valence-corrected chi connectivity index (χ0v) is 13.6. The summed E-state index contributed by atoms with van der Waals surface area (Å²) in [4.78, 5) is 24.3. The zero-order valence-electron chi connectivity index (χ0n) is 13.6. The van der Waals surface area contributed by atoms with E-state index in [0.29, 0.717) is 5.69 Å². The number of nitrogens with zero attached hydrogens (tertiary/aromatic N) is 2. The van der Waals surface area contributed by atoms with Crippen LogP contribution in [0.4, 0.5) is 10.1 Å². The third kappa shape index (κ3) is 4.17. The molecule has 3 rings (SSSR count). The molecule has 0 unspecified atom stereocenters. The third-order valence-corrected chi connectivity index (χ3v) is 3.65. The molecule has 1 aromatic heterocycles. The van der Waals surface area contributed by atoms with Gasteiger partial charge in [-0.2, -0.15) is 5.10 Å². The van der Waals surface area contributed by atoms with Crippen molar-refractivity contribution < 1.29 is 9.18 Å². The minimum atomic E-state index is -0.468. The van der Waals surface area contributed by atoms with E-state index in [1.165, 1.54) is 41.1 Å². The predicted molar refractivity (Wildman–Crippen MR) is 93.1 cm³/mol. The summed E-state index contributed by atoms with van der Waals surface area (Å²) in [7, 11) is 0. The maximum atomic E-state index is 12.9. The normalized spacial score (nSPS) is 10.5. The molecule has 3 aromatic rings. The Hall–Kier alpha value is -3.28. The SMILES string of the molecule is Cc1ccc(Cn2nc(C(=O)Nc3ccc(F)cc3)ccc2=O)cc1. The van der Waals surface area contributed by atoms with Crippen LogP contribution in [-0.2, 0) is 6.54 Å². The van der Waals surface area contributed by atoms with Gasteiger partial charge in [0.25, 0.3) is 11.5 Å². The van der Waals surface area contributed by atoms with Crippen LogP contribution in [0.15, 0.2) is 65.5 Å². The fourth-order valence-electron chi connectivity index (χ4n) is 2.28. The van der Waals surface area contributed by atoms with E-state index in [1.807, 2.05) is 31.2 Å². The second kappa shape index (κ2) is 7.09. The zero-order chi connectivity index (χ0) is 17.8. The largest absolute Gasteiger partial charge is 0.321 e. The predicted octanol–water partition coefficient (Wildman–Crippen LogP) is 2.99. The molecule has 0 saturated carbocycles. The van der Waals surface area contributed by atoms with Crippen molar-refractivity contribution in [2.24, 2.45) is 0 Å². The van der Waals surface area contributed by atoms with Crippen molar-refractivity contribution in [1.82, 2.24) is 9.78 Å². The maximum absolute atomic E-state index is 12.9. The lowest BCUT2D eigenvalue weighted by atomic mass is 10.1. The summed E-state index contributed by atoms with van der Waals surface area (Å²) in [5.41, 5.74) is 2.30. The molecule has 0 spiro atoms. The van der Waals surface area contributed by atoms with Gasteiger partial charge in [0, 0.05) is 11.8 Å². The minimum Gasteiger partial charge on any atom is -0.321 e. The number of anilines is 1. The van der Waals surface area contributed by atoms with Crippen molar-refractivity contribution in [2.45, 2.75) is 13.5 Å². The van der Waals surface area contributed by atoms with Gasteiger partial charge in [-0.25, -0.2) is 9.07 Å². The number of aryl methyl sites for hydroxylation is 1. The molecule has 2 aromatic carbocycles. The van der Waals surface area contributed by atoms with Crippen molar-refractivity contribution in [3.8, 4) is 0 Å². The van der Waals surface area contributed by atoms with E-state index in [4.69, 9.17) is 0 Å². The van der Waals surface area contributed by atoms with Gasteiger partial charge in [0.2, 0.25) is 0 Å². The second-order valence-electron chi connectivity index (χ2n) is 5.66. The van der Waals surface area contributed by atoms with E-state index < -0.39 is 5.91 Å².